The van der Waals surface area contributed by atoms with E-state index in [2.05, 4.69) is 16.3 Å². The molecule has 1 aliphatic heterocycles. The second kappa shape index (κ2) is 6.64. The van der Waals surface area contributed by atoms with Gasteiger partial charge in [0.15, 0.2) is 0 Å². The summed E-state index contributed by atoms with van der Waals surface area (Å²) in [6.45, 7) is 2.53. The second-order valence-corrected chi connectivity index (χ2v) is 6.73. The lowest BCUT2D eigenvalue weighted by molar-refractivity contribution is -0.118. The van der Waals surface area contributed by atoms with E-state index in [9.17, 15) is 4.79 Å². The standard InChI is InChI=1S/C16H14N6O.C3H6/c1-11-8-19-21(9-11)13-6-15-14(2-4-18-22(15)10-13)20-5-3-12(7-17)16(20)23;1-2-3-1/h2,4,6,8-10,12H,3,5H2,1H3;1-3H2. The molecule has 7 heteroatoms. The molecule has 0 radical (unpaired) electrons. The van der Waals surface area contributed by atoms with Crippen LogP contribution >= 0.6 is 0 Å². The van der Waals surface area contributed by atoms with Crippen LogP contribution in [0.3, 0.4) is 0 Å². The molecule has 0 aromatic carbocycles. The van der Waals surface area contributed by atoms with E-state index in [-0.39, 0.29) is 5.91 Å². The average molecular weight is 348 g/mol. The summed E-state index contributed by atoms with van der Waals surface area (Å²) in [4.78, 5) is 14.0. The summed E-state index contributed by atoms with van der Waals surface area (Å²) in [6.07, 6.45) is 12.3. The molecule has 7 nitrogen and oxygen atoms in total. The van der Waals surface area contributed by atoms with Gasteiger partial charge in [0.1, 0.15) is 5.92 Å². The minimum atomic E-state index is -0.550. The number of aryl methyl sites for hydroxylation is 1. The SMILES string of the molecule is C1CC1.Cc1cnn(-c2cc3c(N4CCC(C#N)C4=O)ccnn3c2)c1. The van der Waals surface area contributed by atoms with Crippen molar-refractivity contribution in [2.45, 2.75) is 32.6 Å². The maximum absolute atomic E-state index is 12.3. The molecule has 0 bridgehead atoms. The first kappa shape index (κ1) is 16.3. The Morgan fingerprint density at radius 1 is 1.23 bits per heavy atom. The van der Waals surface area contributed by atoms with Crippen molar-refractivity contribution in [2.24, 2.45) is 5.92 Å². The first-order valence-electron chi connectivity index (χ1n) is 8.87. The maximum Gasteiger partial charge on any atom is 0.244 e. The third-order valence-corrected chi connectivity index (χ3v) is 4.45. The van der Waals surface area contributed by atoms with Gasteiger partial charge < -0.3 is 4.90 Å². The number of anilines is 1. The summed E-state index contributed by atoms with van der Waals surface area (Å²) in [6, 6.07) is 5.82. The Morgan fingerprint density at radius 3 is 2.65 bits per heavy atom. The molecule has 0 spiro atoms. The summed E-state index contributed by atoms with van der Waals surface area (Å²) >= 11 is 0. The van der Waals surface area contributed by atoms with Gasteiger partial charge in [-0.25, -0.2) is 9.20 Å². The van der Waals surface area contributed by atoms with Gasteiger partial charge in [0.2, 0.25) is 5.91 Å². The molecule has 2 fully saturated rings. The Bertz CT molecular complexity index is 990. The average Bonchev–Trinajstić information content (AvgIpc) is 3.23. The van der Waals surface area contributed by atoms with E-state index in [1.54, 1.807) is 26.5 Å². The molecule has 1 aliphatic carbocycles. The van der Waals surface area contributed by atoms with Crippen LogP contribution in [0.1, 0.15) is 31.2 Å². The summed E-state index contributed by atoms with van der Waals surface area (Å²) < 4.78 is 3.51. The van der Waals surface area contributed by atoms with E-state index in [0.29, 0.717) is 13.0 Å². The molecule has 1 saturated heterocycles. The van der Waals surface area contributed by atoms with Crippen LogP contribution in [-0.2, 0) is 4.79 Å². The van der Waals surface area contributed by atoms with Crippen molar-refractivity contribution in [1.29, 1.82) is 5.26 Å². The van der Waals surface area contributed by atoms with Gasteiger partial charge in [0.25, 0.3) is 0 Å². The summed E-state index contributed by atoms with van der Waals surface area (Å²) in [5.41, 5.74) is 3.54. The quantitative estimate of drug-likeness (QED) is 0.713. The van der Waals surface area contributed by atoms with E-state index in [0.717, 1.165) is 22.5 Å². The fraction of sp³-hybridized carbons (Fsp3) is 0.368. The fourth-order valence-corrected chi connectivity index (χ4v) is 2.93. The number of nitrogens with zero attached hydrogens (tertiary/aromatic N) is 6. The molecule has 1 amide bonds. The highest BCUT2D eigenvalue weighted by atomic mass is 16.2. The van der Waals surface area contributed by atoms with E-state index in [1.165, 1.54) is 19.3 Å². The normalized spacial score (nSPS) is 18.5. The van der Waals surface area contributed by atoms with E-state index in [1.807, 2.05) is 31.5 Å². The predicted octanol–water partition coefficient (Wildman–Crippen LogP) is 2.88. The number of aromatic nitrogens is 4. The van der Waals surface area contributed by atoms with E-state index >= 15 is 0 Å². The monoisotopic (exact) mass is 348 g/mol. The zero-order valence-corrected chi connectivity index (χ0v) is 14.7. The lowest BCUT2D eigenvalue weighted by atomic mass is 10.1. The van der Waals surface area contributed by atoms with Crippen molar-refractivity contribution in [2.75, 3.05) is 11.4 Å². The molecular formula is C19H20N6O. The number of amides is 1. The van der Waals surface area contributed by atoms with Gasteiger partial charge in [-0.05, 0) is 31.0 Å². The van der Waals surface area contributed by atoms with Gasteiger partial charge in [0.05, 0.1) is 35.4 Å². The number of hydrogen-bond acceptors (Lipinski definition) is 4. The van der Waals surface area contributed by atoms with Crippen LogP contribution in [-0.4, -0.2) is 31.8 Å². The zero-order chi connectivity index (χ0) is 18.1. The van der Waals surface area contributed by atoms with Gasteiger partial charge in [-0.1, -0.05) is 19.3 Å². The lowest BCUT2D eigenvalue weighted by Crippen LogP contribution is -2.27. The molecule has 3 aromatic heterocycles. The number of carbonyl (C=O) groups excluding carboxylic acids is 1. The van der Waals surface area contributed by atoms with Crippen LogP contribution in [0.15, 0.2) is 36.9 Å². The molecule has 2 aliphatic rings. The highest BCUT2D eigenvalue weighted by molar-refractivity contribution is 6.02. The van der Waals surface area contributed by atoms with Crippen molar-refractivity contribution < 1.29 is 4.79 Å². The van der Waals surface area contributed by atoms with Crippen molar-refractivity contribution in [1.82, 2.24) is 19.4 Å². The van der Waals surface area contributed by atoms with Crippen LogP contribution in [0.5, 0.6) is 0 Å². The van der Waals surface area contributed by atoms with Crippen LogP contribution in [0, 0.1) is 24.2 Å². The predicted molar refractivity (Wildman–Crippen MR) is 97.0 cm³/mol. The molecule has 132 valence electrons. The third-order valence-electron chi connectivity index (χ3n) is 4.45. The Morgan fingerprint density at radius 2 is 2.04 bits per heavy atom. The Hall–Kier alpha value is -3.14. The summed E-state index contributed by atoms with van der Waals surface area (Å²) in [5, 5.41) is 17.6. The molecule has 3 aromatic rings. The number of fused-ring (bicyclic) bond motifs is 1. The van der Waals surface area contributed by atoms with Gasteiger partial charge in [0, 0.05) is 18.9 Å². The minimum Gasteiger partial charge on any atom is -0.309 e. The van der Waals surface area contributed by atoms with Crippen molar-refractivity contribution in [3.05, 3.63) is 42.5 Å². The number of rotatable bonds is 2. The largest absolute Gasteiger partial charge is 0.309 e. The van der Waals surface area contributed by atoms with Crippen molar-refractivity contribution >= 4 is 17.1 Å². The van der Waals surface area contributed by atoms with Crippen LogP contribution in [0.4, 0.5) is 5.69 Å². The zero-order valence-electron chi connectivity index (χ0n) is 14.7. The van der Waals surface area contributed by atoms with Crippen LogP contribution in [0.25, 0.3) is 11.2 Å². The Kier molecular flexibility index (Phi) is 4.17. The third kappa shape index (κ3) is 3.06. The summed E-state index contributed by atoms with van der Waals surface area (Å²) in [5.74, 6) is -0.690. The molecule has 4 heterocycles. The van der Waals surface area contributed by atoms with Gasteiger partial charge in [-0.15, -0.1) is 0 Å². The molecular weight excluding hydrogens is 328 g/mol. The molecule has 26 heavy (non-hydrogen) atoms. The summed E-state index contributed by atoms with van der Waals surface area (Å²) in [7, 11) is 0. The highest BCUT2D eigenvalue weighted by Crippen LogP contribution is 2.29. The van der Waals surface area contributed by atoms with Crippen LogP contribution < -0.4 is 4.90 Å². The smallest absolute Gasteiger partial charge is 0.244 e. The Balaban J connectivity index is 0.000000510. The van der Waals surface area contributed by atoms with Crippen molar-refractivity contribution in [3.8, 4) is 11.8 Å². The van der Waals surface area contributed by atoms with Gasteiger partial charge in [-0.2, -0.15) is 15.5 Å². The Labute approximate surface area is 151 Å². The molecule has 1 unspecified atom stereocenters. The molecule has 0 N–H and O–H groups in total. The first-order valence-corrected chi connectivity index (χ1v) is 8.87. The lowest BCUT2D eigenvalue weighted by Gasteiger charge is -2.16. The highest BCUT2D eigenvalue weighted by Gasteiger charge is 2.33. The molecule has 5 rings (SSSR count). The van der Waals surface area contributed by atoms with Gasteiger partial charge >= 0.3 is 0 Å². The number of hydrogen-bond donors (Lipinski definition) is 0. The maximum atomic E-state index is 12.3. The van der Waals surface area contributed by atoms with E-state index < -0.39 is 5.92 Å². The van der Waals surface area contributed by atoms with E-state index in [4.69, 9.17) is 5.26 Å². The fourth-order valence-electron chi connectivity index (χ4n) is 2.93. The molecule has 1 atom stereocenters. The first-order chi connectivity index (χ1) is 12.7. The molecule has 1 saturated carbocycles. The topological polar surface area (TPSA) is 79.2 Å². The van der Waals surface area contributed by atoms with Crippen molar-refractivity contribution in [3.63, 3.8) is 0 Å². The van der Waals surface area contributed by atoms with Gasteiger partial charge in [-0.3, -0.25) is 4.79 Å². The van der Waals surface area contributed by atoms with Crippen LogP contribution in [0.2, 0.25) is 0 Å². The second-order valence-electron chi connectivity index (χ2n) is 6.73. The number of nitriles is 1. The minimum absolute atomic E-state index is 0.140. The number of carbonyl (C=O) groups is 1.